The van der Waals surface area contributed by atoms with Crippen LogP contribution in [0.15, 0.2) is 0 Å². The van der Waals surface area contributed by atoms with Gasteiger partial charge in [-0.1, -0.05) is 0 Å². The topological polar surface area (TPSA) is 99.1 Å². The van der Waals surface area contributed by atoms with Crippen LogP contribution in [0.25, 0.3) is 0 Å². The van der Waals surface area contributed by atoms with Crippen molar-refractivity contribution in [1.82, 2.24) is 0 Å². The second kappa shape index (κ2) is 8.75. The third-order valence-corrected chi connectivity index (χ3v) is 7.27. The maximum absolute atomic E-state index is 13.6. The summed E-state index contributed by atoms with van der Waals surface area (Å²) in [5.41, 5.74) is -1.49. The molecule has 0 radical (unpaired) electrons. The predicted molar refractivity (Wildman–Crippen MR) is 97.0 cm³/mol. The third-order valence-electron chi connectivity index (χ3n) is 6.32. The van der Waals surface area contributed by atoms with E-state index in [9.17, 15) is 30.8 Å². The van der Waals surface area contributed by atoms with E-state index < -0.39 is 51.3 Å². The Labute approximate surface area is 194 Å². The molecule has 4 bridgehead atoms. The number of hydrogen-bond acceptors (Lipinski definition) is 6. The zero-order chi connectivity index (χ0) is 21.7. The van der Waals surface area contributed by atoms with Gasteiger partial charge >= 0.3 is 56.8 Å². The molecule has 4 rings (SSSR count). The molecule has 0 heterocycles. The van der Waals surface area contributed by atoms with Crippen molar-refractivity contribution in [1.29, 1.82) is 0 Å². The number of alkyl halides is 4. The molecule has 2 unspecified atom stereocenters. The summed E-state index contributed by atoms with van der Waals surface area (Å²) in [6, 6.07) is 0. The average Bonchev–Trinajstić information content (AvgIpc) is 2.57. The molecule has 4 fully saturated rings. The maximum atomic E-state index is 13.6. The van der Waals surface area contributed by atoms with Gasteiger partial charge in [-0.2, -0.15) is 26.0 Å². The summed E-state index contributed by atoms with van der Waals surface area (Å²) in [5, 5.41) is -5.68. The van der Waals surface area contributed by atoms with Crippen LogP contribution in [0.3, 0.4) is 0 Å². The van der Waals surface area contributed by atoms with Crippen molar-refractivity contribution in [3.8, 4) is 0 Å². The first-order valence-corrected chi connectivity index (χ1v) is 10.7. The zero-order valence-corrected chi connectivity index (χ0v) is 16.7. The Morgan fingerprint density at radius 3 is 2.20 bits per heavy atom. The van der Waals surface area contributed by atoms with Crippen molar-refractivity contribution in [3.05, 3.63) is 0 Å². The van der Waals surface area contributed by atoms with E-state index in [1.165, 1.54) is 7.11 Å². The molecule has 4 aliphatic rings. The van der Waals surface area contributed by atoms with Gasteiger partial charge in [0.2, 0.25) is 0 Å². The monoisotopic (exact) mass is 472 g/mol. The molecule has 0 amide bonds. The number of hydrogen-bond donors (Lipinski definition) is 1. The minimum absolute atomic E-state index is 0. The molecule has 13 heteroatoms. The number of methoxy groups -OCH3 is 1. The van der Waals surface area contributed by atoms with E-state index in [-0.39, 0.29) is 48.2 Å². The normalized spacial score (nSPS) is 33.3. The Morgan fingerprint density at radius 1 is 1.13 bits per heavy atom. The van der Waals surface area contributed by atoms with Gasteiger partial charge in [0.1, 0.15) is 6.79 Å². The average molecular weight is 472 g/mol. The summed E-state index contributed by atoms with van der Waals surface area (Å²) in [6.07, 6.45) is 2.09. The molecule has 0 aromatic rings. The van der Waals surface area contributed by atoms with Gasteiger partial charge in [0, 0.05) is 7.11 Å². The number of ether oxygens (including phenoxy) is 3. The van der Waals surface area contributed by atoms with Crippen molar-refractivity contribution in [2.75, 3.05) is 20.5 Å². The molecule has 0 aliphatic heterocycles. The zero-order valence-electron chi connectivity index (χ0n) is 15.8. The predicted octanol–water partition coefficient (Wildman–Crippen LogP) is 2.35. The third kappa shape index (κ3) is 4.69. The Hall–Kier alpha value is 0.0200. The minimum atomic E-state index is -6.32. The van der Waals surface area contributed by atoms with E-state index in [4.69, 9.17) is 18.8 Å². The number of halogens is 4. The van der Waals surface area contributed by atoms with E-state index in [0.717, 1.165) is 19.3 Å². The molecular formula is C17H25F4NaO7S. The Morgan fingerprint density at radius 2 is 1.70 bits per heavy atom. The molecule has 0 spiro atoms. The van der Waals surface area contributed by atoms with Crippen LogP contribution in [-0.4, -0.2) is 85.8 Å². The van der Waals surface area contributed by atoms with E-state index in [1.54, 1.807) is 0 Å². The standard InChI is InChI=1S/C17H24F4O7S.Na.H/c1-26-10-28-15-7-11-4-12(8-15)6-14(5-11,9-15)13(22)27-3-2-16(18,19)17(20,21)29(23,24)25;;/h11-12H,2-10H2,1H3,(H,23,24,25);;. The SMILES string of the molecule is COCOC12CC3CC(C1)CC(C(=O)OCCC(F)(F)C(F)(F)S(=O)(=O)O)(C3)C2.[NaH]. The van der Waals surface area contributed by atoms with E-state index in [0.29, 0.717) is 19.3 Å². The van der Waals surface area contributed by atoms with Crippen LogP contribution < -0.4 is 0 Å². The first kappa shape index (κ1) is 26.3. The van der Waals surface area contributed by atoms with E-state index in [2.05, 4.69) is 0 Å². The number of carbonyl (C=O) groups excluding carboxylic acids is 1. The quantitative estimate of drug-likeness (QED) is 0.181. The number of carbonyl (C=O) groups is 1. The summed E-state index contributed by atoms with van der Waals surface area (Å²) < 4.78 is 98.9. The van der Waals surface area contributed by atoms with Crippen LogP contribution in [0.1, 0.15) is 44.9 Å². The molecule has 2 atom stereocenters. The number of esters is 1. The molecule has 7 nitrogen and oxygen atoms in total. The molecule has 0 aromatic carbocycles. The van der Waals surface area contributed by atoms with Gasteiger partial charge in [0.25, 0.3) is 0 Å². The molecular weight excluding hydrogens is 447 g/mol. The first-order valence-electron chi connectivity index (χ1n) is 9.29. The van der Waals surface area contributed by atoms with E-state index >= 15 is 0 Å². The van der Waals surface area contributed by atoms with Crippen molar-refractivity contribution >= 4 is 45.6 Å². The van der Waals surface area contributed by atoms with Crippen molar-refractivity contribution < 1.29 is 49.5 Å². The fourth-order valence-electron chi connectivity index (χ4n) is 5.53. The second-order valence-electron chi connectivity index (χ2n) is 8.56. The van der Waals surface area contributed by atoms with Gasteiger partial charge in [0.15, 0.2) is 0 Å². The Bertz CT molecular complexity index is 747. The van der Waals surface area contributed by atoms with Crippen molar-refractivity contribution in [2.24, 2.45) is 17.3 Å². The molecule has 1 N–H and O–H groups in total. The van der Waals surface area contributed by atoms with Crippen LogP contribution in [0.5, 0.6) is 0 Å². The Kier molecular flexibility index (Phi) is 7.67. The molecule has 30 heavy (non-hydrogen) atoms. The fraction of sp³-hybridized carbons (Fsp3) is 0.941. The van der Waals surface area contributed by atoms with E-state index in [1.807, 2.05) is 0 Å². The summed E-state index contributed by atoms with van der Waals surface area (Å²) >= 11 is 0. The van der Waals surface area contributed by atoms with Gasteiger partial charge in [-0.25, -0.2) is 0 Å². The van der Waals surface area contributed by atoms with Gasteiger partial charge in [0.05, 0.1) is 24.0 Å². The van der Waals surface area contributed by atoms with Gasteiger partial charge in [-0.05, 0) is 50.4 Å². The van der Waals surface area contributed by atoms with Gasteiger partial charge in [-0.3, -0.25) is 9.35 Å². The molecule has 0 saturated heterocycles. The van der Waals surface area contributed by atoms with Crippen molar-refractivity contribution in [2.45, 2.75) is 61.7 Å². The van der Waals surface area contributed by atoms with Crippen LogP contribution in [-0.2, 0) is 29.1 Å². The summed E-state index contributed by atoms with van der Waals surface area (Å²) in [6.45, 7) is -1.04. The van der Waals surface area contributed by atoms with Crippen LogP contribution >= 0.6 is 0 Å². The summed E-state index contributed by atoms with van der Waals surface area (Å²) in [4.78, 5) is 12.7. The summed E-state index contributed by atoms with van der Waals surface area (Å²) in [5.74, 6) is -5.43. The van der Waals surface area contributed by atoms with Crippen molar-refractivity contribution in [3.63, 3.8) is 0 Å². The van der Waals surface area contributed by atoms with Crippen LogP contribution in [0.2, 0.25) is 0 Å². The van der Waals surface area contributed by atoms with Crippen LogP contribution in [0.4, 0.5) is 17.6 Å². The van der Waals surface area contributed by atoms with Gasteiger partial charge in [-0.15, -0.1) is 0 Å². The Balaban J connectivity index is 0.00000320. The first-order chi connectivity index (χ1) is 13.3. The van der Waals surface area contributed by atoms with Crippen LogP contribution in [0, 0.1) is 17.3 Å². The molecule has 4 saturated carbocycles. The molecule has 170 valence electrons. The second-order valence-corrected chi connectivity index (χ2v) is 10.0. The summed E-state index contributed by atoms with van der Waals surface area (Å²) in [7, 11) is -4.84. The van der Waals surface area contributed by atoms with Gasteiger partial charge < -0.3 is 14.2 Å². The number of rotatable bonds is 9. The molecule has 4 aliphatic carbocycles. The fourth-order valence-corrected chi connectivity index (χ4v) is 6.01. The molecule has 0 aromatic heterocycles.